The molecule has 2 unspecified atom stereocenters. The van der Waals surface area contributed by atoms with Crippen molar-refractivity contribution in [2.45, 2.75) is 45.3 Å². The van der Waals surface area contributed by atoms with Gasteiger partial charge in [0.25, 0.3) is 0 Å². The lowest BCUT2D eigenvalue weighted by Gasteiger charge is -2.07. The van der Waals surface area contributed by atoms with Crippen molar-refractivity contribution in [3.8, 4) is 0 Å². The molecule has 1 aromatic heterocycles. The number of aromatic nitrogens is 2. The van der Waals surface area contributed by atoms with Gasteiger partial charge in [0.1, 0.15) is 11.9 Å². The van der Waals surface area contributed by atoms with Crippen LogP contribution < -0.4 is 5.73 Å². The summed E-state index contributed by atoms with van der Waals surface area (Å²) in [6, 6.07) is -0.0366. The molecule has 4 nitrogen and oxygen atoms in total. The topological polar surface area (TPSA) is 63.9 Å². The van der Waals surface area contributed by atoms with Crippen LogP contribution >= 0.6 is 0 Å². The number of hydrogen-bond donors (Lipinski definition) is 2. The van der Waals surface area contributed by atoms with Crippen LogP contribution in [-0.2, 0) is 11.2 Å². The normalized spacial score (nSPS) is 23.3. The van der Waals surface area contributed by atoms with E-state index in [0.717, 1.165) is 37.4 Å². The number of hydrogen-bond acceptors (Lipinski definition) is 3. The third-order valence-electron chi connectivity index (χ3n) is 2.85. The van der Waals surface area contributed by atoms with E-state index in [4.69, 9.17) is 10.5 Å². The summed E-state index contributed by atoms with van der Waals surface area (Å²) in [4.78, 5) is 7.85. The van der Waals surface area contributed by atoms with E-state index in [1.165, 1.54) is 5.69 Å². The van der Waals surface area contributed by atoms with Gasteiger partial charge in [-0.25, -0.2) is 4.98 Å². The first-order chi connectivity index (χ1) is 7.22. The van der Waals surface area contributed by atoms with Crippen molar-refractivity contribution < 1.29 is 4.74 Å². The van der Waals surface area contributed by atoms with Gasteiger partial charge in [-0.3, -0.25) is 0 Å². The Labute approximate surface area is 90.2 Å². The number of nitrogens with zero attached hydrogens (tertiary/aromatic N) is 1. The zero-order valence-corrected chi connectivity index (χ0v) is 9.42. The molecule has 15 heavy (non-hydrogen) atoms. The van der Waals surface area contributed by atoms with Gasteiger partial charge in [0.15, 0.2) is 0 Å². The van der Waals surface area contributed by atoms with Crippen molar-refractivity contribution in [2.24, 2.45) is 5.73 Å². The fraction of sp³-hybridized carbons (Fsp3) is 0.727. The second kappa shape index (κ2) is 4.33. The summed E-state index contributed by atoms with van der Waals surface area (Å²) in [7, 11) is 0. The molecule has 1 fully saturated rings. The highest BCUT2D eigenvalue weighted by atomic mass is 16.5. The summed E-state index contributed by atoms with van der Waals surface area (Å²) in [6.07, 6.45) is 3.35. The predicted octanol–water partition coefficient (Wildman–Crippen LogP) is 1.84. The van der Waals surface area contributed by atoms with Gasteiger partial charge in [-0.05, 0) is 26.2 Å². The number of nitrogens with one attached hydrogen (secondary N) is 1. The molecule has 3 N–H and O–H groups in total. The number of nitrogens with two attached hydrogens (primary N) is 1. The zero-order chi connectivity index (χ0) is 10.8. The minimum Gasteiger partial charge on any atom is -0.372 e. The number of H-pyrrole nitrogens is 1. The molecule has 1 saturated heterocycles. The summed E-state index contributed by atoms with van der Waals surface area (Å²) >= 11 is 0. The number of aryl methyl sites for hydroxylation is 1. The number of rotatable bonds is 3. The van der Waals surface area contributed by atoms with Gasteiger partial charge in [0, 0.05) is 12.3 Å². The average Bonchev–Trinajstić information content (AvgIpc) is 2.86. The highest BCUT2D eigenvalue weighted by molar-refractivity contribution is 5.19. The van der Waals surface area contributed by atoms with Crippen molar-refractivity contribution in [3.05, 3.63) is 17.2 Å². The molecule has 2 atom stereocenters. The molecule has 2 heterocycles. The van der Waals surface area contributed by atoms with Crippen LogP contribution in [0.5, 0.6) is 0 Å². The molecule has 0 aromatic carbocycles. The van der Waals surface area contributed by atoms with Crippen molar-refractivity contribution in [1.29, 1.82) is 0 Å². The molecule has 84 valence electrons. The summed E-state index contributed by atoms with van der Waals surface area (Å²) in [5, 5.41) is 0. The predicted molar refractivity (Wildman–Crippen MR) is 58.5 cm³/mol. The second-order valence-electron chi connectivity index (χ2n) is 4.13. The fourth-order valence-electron chi connectivity index (χ4n) is 1.99. The van der Waals surface area contributed by atoms with Crippen LogP contribution in [0.15, 0.2) is 0 Å². The van der Waals surface area contributed by atoms with E-state index in [-0.39, 0.29) is 12.1 Å². The molecule has 0 radical (unpaired) electrons. The SMILES string of the molecule is CCc1[nH]c(C(C)N)nc1C1CCCO1. The van der Waals surface area contributed by atoms with E-state index in [1.807, 2.05) is 6.92 Å². The Morgan fingerprint density at radius 2 is 2.47 bits per heavy atom. The molecule has 2 rings (SSSR count). The second-order valence-corrected chi connectivity index (χ2v) is 4.13. The molecule has 0 amide bonds. The van der Waals surface area contributed by atoms with Gasteiger partial charge in [-0.2, -0.15) is 0 Å². The Bertz CT molecular complexity index is 327. The summed E-state index contributed by atoms with van der Waals surface area (Å²) in [6.45, 7) is 4.92. The van der Waals surface area contributed by atoms with Crippen LogP contribution in [0.25, 0.3) is 0 Å². The third-order valence-corrected chi connectivity index (χ3v) is 2.85. The highest BCUT2D eigenvalue weighted by Crippen LogP contribution is 2.30. The van der Waals surface area contributed by atoms with E-state index in [0.29, 0.717) is 0 Å². The van der Waals surface area contributed by atoms with Gasteiger partial charge in [-0.1, -0.05) is 6.92 Å². The quantitative estimate of drug-likeness (QED) is 0.798. The largest absolute Gasteiger partial charge is 0.372 e. The standard InChI is InChI=1S/C11H19N3O/c1-3-8-10(9-5-4-6-15-9)14-11(13-8)7(2)12/h7,9H,3-6,12H2,1-2H3,(H,13,14). The Hall–Kier alpha value is -0.870. The Morgan fingerprint density at radius 3 is 3.00 bits per heavy atom. The van der Waals surface area contributed by atoms with Crippen molar-refractivity contribution in [1.82, 2.24) is 9.97 Å². The summed E-state index contributed by atoms with van der Waals surface area (Å²) in [5.41, 5.74) is 8.06. The first kappa shape index (κ1) is 10.6. The van der Waals surface area contributed by atoms with Crippen LogP contribution in [0.1, 0.15) is 56.0 Å². The maximum absolute atomic E-state index is 5.81. The van der Waals surface area contributed by atoms with Crippen LogP contribution in [0.4, 0.5) is 0 Å². The molecule has 0 spiro atoms. The van der Waals surface area contributed by atoms with E-state index in [1.54, 1.807) is 0 Å². The van der Waals surface area contributed by atoms with Gasteiger partial charge in [0.2, 0.25) is 0 Å². The lowest BCUT2D eigenvalue weighted by molar-refractivity contribution is 0.108. The van der Waals surface area contributed by atoms with Crippen LogP contribution in [-0.4, -0.2) is 16.6 Å². The van der Waals surface area contributed by atoms with Gasteiger partial charge in [0.05, 0.1) is 11.7 Å². The lowest BCUT2D eigenvalue weighted by Crippen LogP contribution is -2.07. The monoisotopic (exact) mass is 209 g/mol. The number of aromatic amines is 1. The van der Waals surface area contributed by atoms with Crippen LogP contribution in [0.3, 0.4) is 0 Å². The Morgan fingerprint density at radius 1 is 1.67 bits per heavy atom. The fourth-order valence-corrected chi connectivity index (χ4v) is 1.99. The molecule has 1 aliphatic heterocycles. The minimum atomic E-state index is -0.0366. The molecular formula is C11H19N3O. The van der Waals surface area contributed by atoms with Gasteiger partial charge in [-0.15, -0.1) is 0 Å². The van der Waals surface area contributed by atoms with Gasteiger partial charge < -0.3 is 15.5 Å². The highest BCUT2D eigenvalue weighted by Gasteiger charge is 2.24. The van der Waals surface area contributed by atoms with Gasteiger partial charge >= 0.3 is 0 Å². The van der Waals surface area contributed by atoms with Crippen LogP contribution in [0.2, 0.25) is 0 Å². The Balaban J connectivity index is 2.27. The number of ether oxygens (including phenoxy) is 1. The summed E-state index contributed by atoms with van der Waals surface area (Å²) in [5.74, 6) is 0.873. The van der Waals surface area contributed by atoms with Crippen molar-refractivity contribution in [3.63, 3.8) is 0 Å². The molecule has 4 heteroatoms. The molecule has 0 bridgehead atoms. The molecular weight excluding hydrogens is 190 g/mol. The van der Waals surface area contributed by atoms with E-state index in [9.17, 15) is 0 Å². The van der Waals surface area contributed by atoms with Crippen molar-refractivity contribution in [2.75, 3.05) is 6.61 Å². The van der Waals surface area contributed by atoms with E-state index in [2.05, 4.69) is 16.9 Å². The first-order valence-electron chi connectivity index (χ1n) is 5.68. The lowest BCUT2D eigenvalue weighted by atomic mass is 10.1. The summed E-state index contributed by atoms with van der Waals surface area (Å²) < 4.78 is 5.65. The first-order valence-corrected chi connectivity index (χ1v) is 5.68. The zero-order valence-electron chi connectivity index (χ0n) is 9.42. The minimum absolute atomic E-state index is 0.0366. The number of imidazole rings is 1. The van der Waals surface area contributed by atoms with Crippen LogP contribution in [0, 0.1) is 0 Å². The van der Waals surface area contributed by atoms with Crippen molar-refractivity contribution >= 4 is 0 Å². The maximum Gasteiger partial charge on any atom is 0.123 e. The smallest absolute Gasteiger partial charge is 0.123 e. The third kappa shape index (κ3) is 2.06. The average molecular weight is 209 g/mol. The molecule has 0 aliphatic carbocycles. The molecule has 1 aliphatic rings. The molecule has 0 saturated carbocycles. The van der Waals surface area contributed by atoms with E-state index < -0.39 is 0 Å². The molecule has 1 aromatic rings. The van der Waals surface area contributed by atoms with E-state index >= 15 is 0 Å². The Kier molecular flexibility index (Phi) is 3.07. The maximum atomic E-state index is 5.81.